The largest absolute Gasteiger partial charge is 0.358 e. The molecule has 8 heteroatoms. The monoisotopic (exact) mass is 438 g/mol. The van der Waals surface area contributed by atoms with E-state index in [4.69, 9.17) is 0 Å². The normalized spacial score (nSPS) is 16.9. The van der Waals surface area contributed by atoms with Crippen molar-refractivity contribution in [2.45, 2.75) is 26.2 Å². The topological polar surface area (TPSA) is 85.5 Å². The van der Waals surface area contributed by atoms with Crippen LogP contribution in [-0.4, -0.2) is 66.6 Å². The van der Waals surface area contributed by atoms with E-state index in [2.05, 4.69) is 10.3 Å². The number of carbonyl (C=O) groups excluding carboxylic acids is 3. The summed E-state index contributed by atoms with van der Waals surface area (Å²) in [6.07, 6.45) is 3.96. The highest BCUT2D eigenvalue weighted by molar-refractivity contribution is 6.35. The lowest BCUT2D eigenvalue weighted by Gasteiger charge is -2.23. The van der Waals surface area contributed by atoms with Gasteiger partial charge in [-0.3, -0.25) is 9.59 Å². The molecule has 2 N–H and O–H groups in total. The van der Waals surface area contributed by atoms with Crippen molar-refractivity contribution in [3.8, 4) is 0 Å². The van der Waals surface area contributed by atoms with E-state index in [0.717, 1.165) is 30.6 Å². The summed E-state index contributed by atoms with van der Waals surface area (Å²) in [7, 11) is 3.96. The molecule has 3 heterocycles. The van der Waals surface area contributed by atoms with E-state index >= 15 is 0 Å². The van der Waals surface area contributed by atoms with Crippen LogP contribution in [0.15, 0.2) is 12.1 Å². The van der Waals surface area contributed by atoms with Crippen LogP contribution in [0, 0.1) is 12.7 Å². The summed E-state index contributed by atoms with van der Waals surface area (Å²) >= 11 is 0. The molecule has 0 saturated carbocycles. The number of likely N-dealkylation sites (N-methyl/N-ethyl adjacent to an activating group) is 1. The SMILES string of the molecule is Cc1c(C=C2C(=O)Nc3c(CC=O)cc(F)cc32)[nH]c2c1C(=O)N(CCN(C)C)CCC2. The highest BCUT2D eigenvalue weighted by Gasteiger charge is 2.30. The van der Waals surface area contributed by atoms with Crippen molar-refractivity contribution in [2.75, 3.05) is 39.0 Å². The molecule has 0 aliphatic carbocycles. The third-order valence-corrected chi connectivity index (χ3v) is 6.09. The van der Waals surface area contributed by atoms with Crippen LogP contribution in [0.1, 0.15) is 44.9 Å². The molecule has 1 aromatic heterocycles. The summed E-state index contributed by atoms with van der Waals surface area (Å²) in [6, 6.07) is 2.56. The van der Waals surface area contributed by atoms with Gasteiger partial charge in [0.05, 0.1) is 16.8 Å². The lowest BCUT2D eigenvalue weighted by molar-refractivity contribution is -0.111. The summed E-state index contributed by atoms with van der Waals surface area (Å²) in [5.74, 6) is -0.872. The van der Waals surface area contributed by atoms with Gasteiger partial charge in [0.15, 0.2) is 0 Å². The third kappa shape index (κ3) is 3.98. The maximum atomic E-state index is 14.2. The standard InChI is InChI=1S/C24H27FN4O3/c1-14-20(26-19-5-4-7-29(9-8-28(2)3)24(32)21(14)19)13-18-17-12-16(25)11-15(6-10-30)22(17)27-23(18)31/h10-13,26H,4-9H2,1-3H3,(H,27,31). The van der Waals surface area contributed by atoms with Gasteiger partial charge in [-0.05, 0) is 63.2 Å². The number of anilines is 1. The third-order valence-electron chi connectivity index (χ3n) is 6.09. The predicted octanol–water partition coefficient (Wildman–Crippen LogP) is 2.65. The number of amides is 2. The van der Waals surface area contributed by atoms with Crippen LogP contribution in [0.4, 0.5) is 10.1 Å². The average Bonchev–Trinajstić information content (AvgIpc) is 3.15. The quantitative estimate of drug-likeness (QED) is 0.536. The molecule has 2 aromatic rings. The first-order chi connectivity index (χ1) is 15.3. The number of carbonyl (C=O) groups is 3. The van der Waals surface area contributed by atoms with Crippen LogP contribution in [0.2, 0.25) is 0 Å². The number of nitrogens with one attached hydrogen (secondary N) is 2. The molecule has 0 radical (unpaired) electrons. The summed E-state index contributed by atoms with van der Waals surface area (Å²) < 4.78 is 14.2. The molecule has 0 bridgehead atoms. The molecular formula is C24H27FN4O3. The van der Waals surface area contributed by atoms with Gasteiger partial charge in [0.2, 0.25) is 0 Å². The molecule has 0 spiro atoms. The zero-order valence-corrected chi connectivity index (χ0v) is 18.5. The van der Waals surface area contributed by atoms with Crippen LogP contribution in [0.5, 0.6) is 0 Å². The molecule has 4 rings (SSSR count). The molecule has 168 valence electrons. The Morgan fingerprint density at radius 2 is 2.03 bits per heavy atom. The lowest BCUT2D eigenvalue weighted by Crippen LogP contribution is -2.36. The van der Waals surface area contributed by atoms with Gasteiger partial charge < -0.3 is 24.9 Å². The number of nitrogens with zero attached hydrogens (tertiary/aromatic N) is 2. The van der Waals surface area contributed by atoms with Crippen molar-refractivity contribution in [3.63, 3.8) is 0 Å². The van der Waals surface area contributed by atoms with Crippen molar-refractivity contribution in [1.82, 2.24) is 14.8 Å². The first-order valence-electron chi connectivity index (χ1n) is 10.7. The van der Waals surface area contributed by atoms with Gasteiger partial charge in [-0.2, -0.15) is 0 Å². The number of aryl methyl sites for hydroxylation is 1. The highest BCUT2D eigenvalue weighted by atomic mass is 19.1. The maximum Gasteiger partial charge on any atom is 0.256 e. The number of aldehydes is 1. The van der Waals surface area contributed by atoms with Crippen molar-refractivity contribution in [3.05, 3.63) is 51.6 Å². The van der Waals surface area contributed by atoms with Gasteiger partial charge in [-0.1, -0.05) is 0 Å². The van der Waals surface area contributed by atoms with E-state index in [1.807, 2.05) is 30.8 Å². The summed E-state index contributed by atoms with van der Waals surface area (Å²) in [5.41, 5.74) is 4.61. The second-order valence-electron chi connectivity index (χ2n) is 8.59. The smallest absolute Gasteiger partial charge is 0.256 e. The fourth-order valence-corrected chi connectivity index (χ4v) is 4.41. The zero-order valence-electron chi connectivity index (χ0n) is 18.5. The Morgan fingerprint density at radius 3 is 2.75 bits per heavy atom. The number of rotatable bonds is 6. The first kappa shape index (κ1) is 22.0. The second-order valence-corrected chi connectivity index (χ2v) is 8.59. The van der Waals surface area contributed by atoms with Crippen LogP contribution in [0.25, 0.3) is 11.6 Å². The predicted molar refractivity (Wildman–Crippen MR) is 121 cm³/mol. The van der Waals surface area contributed by atoms with Crippen LogP contribution in [-0.2, 0) is 22.4 Å². The van der Waals surface area contributed by atoms with Crippen molar-refractivity contribution in [1.29, 1.82) is 0 Å². The fourth-order valence-electron chi connectivity index (χ4n) is 4.41. The number of H-pyrrole nitrogens is 1. The van der Waals surface area contributed by atoms with E-state index in [1.54, 1.807) is 6.08 Å². The summed E-state index contributed by atoms with van der Waals surface area (Å²) in [6.45, 7) is 4.01. The minimum atomic E-state index is -0.506. The van der Waals surface area contributed by atoms with E-state index in [1.165, 1.54) is 12.1 Å². The Labute approximate surface area is 186 Å². The molecule has 2 amide bonds. The van der Waals surface area contributed by atoms with Crippen LogP contribution in [0.3, 0.4) is 0 Å². The summed E-state index contributed by atoms with van der Waals surface area (Å²) in [4.78, 5) is 44.2. The van der Waals surface area contributed by atoms with Crippen molar-refractivity contribution < 1.29 is 18.8 Å². The van der Waals surface area contributed by atoms with E-state index in [0.29, 0.717) is 53.0 Å². The van der Waals surface area contributed by atoms with Gasteiger partial charge in [0.25, 0.3) is 11.8 Å². The van der Waals surface area contributed by atoms with Gasteiger partial charge in [-0.15, -0.1) is 0 Å². The molecule has 2 aliphatic rings. The average molecular weight is 439 g/mol. The molecule has 32 heavy (non-hydrogen) atoms. The lowest BCUT2D eigenvalue weighted by atomic mass is 10.00. The van der Waals surface area contributed by atoms with Gasteiger partial charge in [0, 0.05) is 43.0 Å². The number of hydrogen-bond donors (Lipinski definition) is 2. The maximum absolute atomic E-state index is 14.2. The minimum Gasteiger partial charge on any atom is -0.358 e. The second kappa shape index (κ2) is 8.70. The molecule has 7 nitrogen and oxygen atoms in total. The molecule has 0 unspecified atom stereocenters. The van der Waals surface area contributed by atoms with E-state index in [-0.39, 0.29) is 18.2 Å². The molecule has 0 fully saturated rings. The Balaban J connectivity index is 1.73. The number of benzene rings is 1. The Hall–Kier alpha value is -3.26. The number of aromatic amines is 1. The number of fused-ring (bicyclic) bond motifs is 2. The van der Waals surface area contributed by atoms with Crippen molar-refractivity contribution in [2.24, 2.45) is 0 Å². The first-order valence-corrected chi connectivity index (χ1v) is 10.7. The number of hydrogen-bond acceptors (Lipinski definition) is 4. The van der Waals surface area contributed by atoms with Crippen molar-refractivity contribution >= 4 is 35.4 Å². The van der Waals surface area contributed by atoms with Gasteiger partial charge >= 0.3 is 0 Å². The highest BCUT2D eigenvalue weighted by Crippen LogP contribution is 2.37. The summed E-state index contributed by atoms with van der Waals surface area (Å²) in [5, 5.41) is 2.76. The Morgan fingerprint density at radius 1 is 1.25 bits per heavy atom. The minimum absolute atomic E-state index is 0.00617. The number of halogens is 1. The fraction of sp³-hybridized carbons (Fsp3) is 0.375. The number of aromatic nitrogens is 1. The molecule has 0 saturated heterocycles. The van der Waals surface area contributed by atoms with Gasteiger partial charge in [0.1, 0.15) is 12.1 Å². The molecular weight excluding hydrogens is 411 g/mol. The molecule has 1 aromatic carbocycles. The van der Waals surface area contributed by atoms with Gasteiger partial charge in [-0.25, -0.2) is 4.39 Å². The van der Waals surface area contributed by atoms with E-state index in [9.17, 15) is 18.8 Å². The Bertz CT molecular complexity index is 1130. The van der Waals surface area contributed by atoms with Crippen LogP contribution < -0.4 is 5.32 Å². The Kier molecular flexibility index (Phi) is 5.97. The van der Waals surface area contributed by atoms with Crippen LogP contribution >= 0.6 is 0 Å². The zero-order chi connectivity index (χ0) is 23.0. The molecule has 0 atom stereocenters. The molecule has 2 aliphatic heterocycles. The van der Waals surface area contributed by atoms with E-state index < -0.39 is 5.82 Å².